The molecule has 0 fully saturated rings. The Morgan fingerprint density at radius 1 is 1.00 bits per heavy atom. The number of hydrogen-bond acceptors (Lipinski definition) is 3. The first-order chi connectivity index (χ1) is 9.96. The average Bonchev–Trinajstić information content (AvgIpc) is 2.46. The van der Waals surface area contributed by atoms with Crippen LogP contribution in [-0.4, -0.2) is 14.3 Å². The molecule has 6 heteroatoms. The molecule has 0 unspecified atom stereocenters. The summed E-state index contributed by atoms with van der Waals surface area (Å²) in [6, 6.07) is 15.9. The standard InChI is InChI=1S/C15H17N3O2S/c16-15(17)14-8-6-12(7-9-14)10-18-21(19,20)11-13-4-2-1-3-5-13/h1-9,18H,10-11H2,(H3,16,17). The maximum Gasteiger partial charge on any atom is 0.216 e. The van der Waals surface area contributed by atoms with Gasteiger partial charge >= 0.3 is 0 Å². The second-order valence-corrected chi connectivity index (χ2v) is 6.48. The van der Waals surface area contributed by atoms with Gasteiger partial charge in [-0.15, -0.1) is 0 Å². The van der Waals surface area contributed by atoms with Gasteiger partial charge in [-0.3, -0.25) is 5.41 Å². The van der Waals surface area contributed by atoms with Crippen molar-refractivity contribution in [1.29, 1.82) is 5.41 Å². The van der Waals surface area contributed by atoms with Crippen molar-refractivity contribution in [3.63, 3.8) is 0 Å². The molecular formula is C15H17N3O2S. The van der Waals surface area contributed by atoms with Crippen molar-refractivity contribution in [1.82, 2.24) is 4.72 Å². The fourth-order valence-electron chi connectivity index (χ4n) is 1.84. The van der Waals surface area contributed by atoms with E-state index in [0.29, 0.717) is 5.56 Å². The van der Waals surface area contributed by atoms with Crippen LogP contribution in [-0.2, 0) is 22.3 Å². The lowest BCUT2D eigenvalue weighted by molar-refractivity contribution is 0.580. The summed E-state index contributed by atoms with van der Waals surface area (Å²) in [6.07, 6.45) is 0. The van der Waals surface area contributed by atoms with Gasteiger partial charge in [-0.2, -0.15) is 0 Å². The first kappa shape index (κ1) is 15.2. The van der Waals surface area contributed by atoms with Crippen LogP contribution < -0.4 is 10.5 Å². The zero-order valence-electron chi connectivity index (χ0n) is 11.4. The van der Waals surface area contributed by atoms with Gasteiger partial charge in [-0.25, -0.2) is 13.1 Å². The molecule has 0 radical (unpaired) electrons. The lowest BCUT2D eigenvalue weighted by Gasteiger charge is -2.07. The monoisotopic (exact) mass is 303 g/mol. The number of hydrogen-bond donors (Lipinski definition) is 3. The summed E-state index contributed by atoms with van der Waals surface area (Å²) >= 11 is 0. The van der Waals surface area contributed by atoms with E-state index in [-0.39, 0.29) is 18.1 Å². The second-order valence-electron chi connectivity index (χ2n) is 4.68. The van der Waals surface area contributed by atoms with Crippen molar-refractivity contribution < 1.29 is 8.42 Å². The number of nitrogens with two attached hydrogens (primary N) is 1. The summed E-state index contributed by atoms with van der Waals surface area (Å²) in [5.74, 6) is -0.0504. The van der Waals surface area contributed by atoms with E-state index in [0.717, 1.165) is 11.1 Å². The Hall–Kier alpha value is -2.18. The third-order valence-electron chi connectivity index (χ3n) is 2.96. The van der Waals surface area contributed by atoms with Gasteiger partial charge in [-0.05, 0) is 11.1 Å². The summed E-state index contributed by atoms with van der Waals surface area (Å²) in [5.41, 5.74) is 7.54. The van der Waals surface area contributed by atoms with Crippen LogP contribution >= 0.6 is 0 Å². The molecule has 2 aromatic rings. The molecule has 0 aliphatic rings. The predicted octanol–water partition coefficient (Wildman–Crippen LogP) is 1.59. The van der Waals surface area contributed by atoms with Crippen LogP contribution in [0.3, 0.4) is 0 Å². The first-order valence-corrected chi connectivity index (χ1v) is 8.06. The molecule has 0 atom stereocenters. The van der Waals surface area contributed by atoms with Gasteiger partial charge in [0.2, 0.25) is 10.0 Å². The normalized spacial score (nSPS) is 11.2. The van der Waals surface area contributed by atoms with Crippen LogP contribution in [0, 0.1) is 5.41 Å². The molecule has 0 saturated heterocycles. The van der Waals surface area contributed by atoms with E-state index in [2.05, 4.69) is 4.72 Å². The third-order valence-corrected chi connectivity index (χ3v) is 4.26. The van der Waals surface area contributed by atoms with Crippen LogP contribution in [0.2, 0.25) is 0 Å². The Morgan fingerprint density at radius 3 is 2.19 bits per heavy atom. The van der Waals surface area contributed by atoms with Crippen LogP contribution in [0.4, 0.5) is 0 Å². The van der Waals surface area contributed by atoms with Crippen LogP contribution in [0.15, 0.2) is 54.6 Å². The molecule has 4 N–H and O–H groups in total. The van der Waals surface area contributed by atoms with E-state index in [1.54, 1.807) is 36.4 Å². The van der Waals surface area contributed by atoms with Crippen molar-refractivity contribution in [2.75, 3.05) is 0 Å². The van der Waals surface area contributed by atoms with Crippen molar-refractivity contribution in [2.45, 2.75) is 12.3 Å². The Balaban J connectivity index is 1.97. The molecular weight excluding hydrogens is 286 g/mol. The van der Waals surface area contributed by atoms with Crippen LogP contribution in [0.5, 0.6) is 0 Å². The fraction of sp³-hybridized carbons (Fsp3) is 0.133. The van der Waals surface area contributed by atoms with Gasteiger partial charge in [0.1, 0.15) is 5.84 Å². The summed E-state index contributed by atoms with van der Waals surface area (Å²) in [7, 11) is -3.38. The van der Waals surface area contributed by atoms with E-state index in [4.69, 9.17) is 11.1 Å². The summed E-state index contributed by atoms with van der Waals surface area (Å²) in [5, 5.41) is 7.30. The van der Waals surface area contributed by atoms with Gasteiger partial charge in [-0.1, -0.05) is 54.6 Å². The average molecular weight is 303 g/mol. The maximum absolute atomic E-state index is 12.0. The highest BCUT2D eigenvalue weighted by Crippen LogP contribution is 2.07. The zero-order chi connectivity index (χ0) is 15.3. The Labute approximate surface area is 124 Å². The molecule has 0 aliphatic carbocycles. The van der Waals surface area contributed by atoms with Crippen molar-refractivity contribution in [3.05, 3.63) is 71.3 Å². The van der Waals surface area contributed by atoms with Gasteiger partial charge < -0.3 is 5.73 Å². The molecule has 0 aliphatic heterocycles. The zero-order valence-corrected chi connectivity index (χ0v) is 12.2. The topological polar surface area (TPSA) is 96.0 Å². The molecule has 0 spiro atoms. The largest absolute Gasteiger partial charge is 0.384 e. The molecule has 0 amide bonds. The fourth-order valence-corrected chi connectivity index (χ4v) is 2.96. The molecule has 2 aromatic carbocycles. The molecule has 0 aromatic heterocycles. The number of nitrogen functional groups attached to an aromatic ring is 1. The molecule has 0 bridgehead atoms. The second kappa shape index (κ2) is 6.51. The molecule has 21 heavy (non-hydrogen) atoms. The number of nitrogens with one attached hydrogen (secondary N) is 2. The Kier molecular flexibility index (Phi) is 4.72. The third kappa shape index (κ3) is 4.70. The predicted molar refractivity (Wildman–Crippen MR) is 83.4 cm³/mol. The summed E-state index contributed by atoms with van der Waals surface area (Å²) in [4.78, 5) is 0. The van der Waals surface area contributed by atoms with Gasteiger partial charge in [0.15, 0.2) is 0 Å². The Bertz CT molecular complexity index is 710. The van der Waals surface area contributed by atoms with Gasteiger partial charge in [0.25, 0.3) is 0 Å². The quantitative estimate of drug-likeness (QED) is 0.558. The maximum atomic E-state index is 12.0. The minimum atomic E-state index is -3.38. The minimum Gasteiger partial charge on any atom is -0.384 e. The van der Waals surface area contributed by atoms with Crippen molar-refractivity contribution in [2.24, 2.45) is 5.73 Å². The van der Waals surface area contributed by atoms with E-state index in [9.17, 15) is 8.42 Å². The smallest absolute Gasteiger partial charge is 0.216 e. The SMILES string of the molecule is N=C(N)c1ccc(CNS(=O)(=O)Cc2ccccc2)cc1. The molecule has 2 rings (SSSR count). The van der Waals surface area contributed by atoms with E-state index >= 15 is 0 Å². The van der Waals surface area contributed by atoms with Gasteiger partial charge in [0.05, 0.1) is 5.75 Å². The summed E-state index contributed by atoms with van der Waals surface area (Å²) in [6.45, 7) is 0.216. The molecule has 0 heterocycles. The van der Waals surface area contributed by atoms with Gasteiger partial charge in [0, 0.05) is 12.1 Å². The number of amidine groups is 1. The lowest BCUT2D eigenvalue weighted by atomic mass is 10.1. The Morgan fingerprint density at radius 2 is 1.62 bits per heavy atom. The molecule has 110 valence electrons. The highest BCUT2D eigenvalue weighted by molar-refractivity contribution is 7.88. The number of sulfonamides is 1. The van der Waals surface area contributed by atoms with E-state index < -0.39 is 10.0 Å². The highest BCUT2D eigenvalue weighted by atomic mass is 32.2. The molecule has 5 nitrogen and oxygen atoms in total. The van der Waals surface area contributed by atoms with Crippen LogP contribution in [0.25, 0.3) is 0 Å². The number of rotatable bonds is 6. The van der Waals surface area contributed by atoms with Crippen LogP contribution in [0.1, 0.15) is 16.7 Å². The minimum absolute atomic E-state index is 0.00814. The van der Waals surface area contributed by atoms with Crippen molar-refractivity contribution in [3.8, 4) is 0 Å². The molecule has 0 saturated carbocycles. The lowest BCUT2D eigenvalue weighted by Crippen LogP contribution is -2.24. The summed E-state index contributed by atoms with van der Waals surface area (Å²) < 4.78 is 26.5. The highest BCUT2D eigenvalue weighted by Gasteiger charge is 2.11. The van der Waals surface area contributed by atoms with E-state index in [1.165, 1.54) is 0 Å². The van der Waals surface area contributed by atoms with Crippen molar-refractivity contribution >= 4 is 15.9 Å². The first-order valence-electron chi connectivity index (χ1n) is 6.41. The number of benzene rings is 2. The van der Waals surface area contributed by atoms with E-state index in [1.807, 2.05) is 18.2 Å².